The standard InChI is InChI=1S/C5H6N2O4S.Na.H/c8-12(9,10)4-11-5-2-1-3-6-7-5;;/h1-3H,4H2,(H,8,9,10);;/q;+1;-1. The van der Waals surface area contributed by atoms with Crippen molar-refractivity contribution in [2.45, 2.75) is 0 Å². The molecular weight excluding hydrogens is 207 g/mol. The van der Waals surface area contributed by atoms with Crippen molar-refractivity contribution in [3.05, 3.63) is 18.3 Å². The largest absolute Gasteiger partial charge is 1.00 e. The van der Waals surface area contributed by atoms with E-state index in [4.69, 9.17) is 4.55 Å². The van der Waals surface area contributed by atoms with E-state index in [2.05, 4.69) is 14.9 Å². The van der Waals surface area contributed by atoms with Gasteiger partial charge in [-0.25, -0.2) is 0 Å². The quantitative estimate of drug-likeness (QED) is 0.421. The molecule has 68 valence electrons. The summed E-state index contributed by atoms with van der Waals surface area (Å²) < 4.78 is 33.2. The fourth-order valence-electron chi connectivity index (χ4n) is 0.499. The van der Waals surface area contributed by atoms with Gasteiger partial charge in [0.1, 0.15) is 0 Å². The van der Waals surface area contributed by atoms with Gasteiger partial charge in [0, 0.05) is 12.3 Å². The molecule has 8 heteroatoms. The van der Waals surface area contributed by atoms with Gasteiger partial charge in [-0.2, -0.15) is 13.5 Å². The molecule has 1 heterocycles. The molecule has 0 saturated heterocycles. The van der Waals surface area contributed by atoms with Gasteiger partial charge in [-0.3, -0.25) is 4.55 Å². The number of ether oxygens (including phenoxy) is 1. The summed E-state index contributed by atoms with van der Waals surface area (Å²) in [6, 6.07) is 2.96. The predicted molar refractivity (Wildman–Crippen MR) is 40.2 cm³/mol. The molecule has 6 nitrogen and oxygen atoms in total. The minimum absolute atomic E-state index is 0. The SMILES string of the molecule is O=S(=O)(O)COc1cccnn1.[H-].[Na+]. The first-order chi connectivity index (χ1) is 5.58. The molecule has 1 N–H and O–H groups in total. The van der Waals surface area contributed by atoms with E-state index in [1.165, 1.54) is 18.3 Å². The first kappa shape index (κ1) is 12.8. The van der Waals surface area contributed by atoms with Gasteiger partial charge >= 0.3 is 39.7 Å². The molecule has 0 bridgehead atoms. The molecule has 13 heavy (non-hydrogen) atoms. The molecule has 0 aliphatic heterocycles. The van der Waals surface area contributed by atoms with Gasteiger partial charge in [0.25, 0.3) is 0 Å². The summed E-state index contributed by atoms with van der Waals surface area (Å²) >= 11 is 0. The van der Waals surface area contributed by atoms with E-state index in [0.717, 1.165) is 0 Å². The number of rotatable bonds is 3. The van der Waals surface area contributed by atoms with Crippen LogP contribution >= 0.6 is 0 Å². The summed E-state index contributed by atoms with van der Waals surface area (Å²) in [6.45, 7) is 0. The van der Waals surface area contributed by atoms with Gasteiger partial charge < -0.3 is 6.16 Å². The zero-order valence-corrected chi connectivity index (χ0v) is 9.73. The molecule has 0 aliphatic rings. The van der Waals surface area contributed by atoms with Crippen LogP contribution in [0.25, 0.3) is 0 Å². The van der Waals surface area contributed by atoms with E-state index in [-0.39, 0.29) is 36.9 Å². The Morgan fingerprint density at radius 1 is 1.62 bits per heavy atom. The van der Waals surface area contributed by atoms with Gasteiger partial charge in [-0.05, 0) is 6.07 Å². The molecule has 0 aromatic carbocycles. The maximum absolute atomic E-state index is 10.2. The number of aromatic nitrogens is 2. The zero-order valence-electron chi connectivity index (χ0n) is 7.91. The molecule has 0 radical (unpaired) electrons. The molecule has 0 atom stereocenters. The van der Waals surface area contributed by atoms with E-state index in [9.17, 15) is 8.42 Å². The summed E-state index contributed by atoms with van der Waals surface area (Å²) in [4.78, 5) is 0. The van der Waals surface area contributed by atoms with Crippen molar-refractivity contribution < 1.29 is 48.7 Å². The Kier molecular flexibility index (Phi) is 5.42. The topological polar surface area (TPSA) is 89.4 Å². The van der Waals surface area contributed by atoms with Crippen molar-refractivity contribution in [3.63, 3.8) is 0 Å². The Labute approximate surface area is 98.8 Å². The van der Waals surface area contributed by atoms with Crippen molar-refractivity contribution in [2.75, 3.05) is 5.94 Å². The van der Waals surface area contributed by atoms with Crippen molar-refractivity contribution in [1.29, 1.82) is 0 Å². The van der Waals surface area contributed by atoms with E-state index in [1.54, 1.807) is 0 Å². The van der Waals surface area contributed by atoms with Gasteiger partial charge in [0.2, 0.25) is 11.8 Å². The molecule has 0 unspecified atom stereocenters. The smallest absolute Gasteiger partial charge is 1.00 e. The van der Waals surface area contributed by atoms with E-state index in [0.29, 0.717) is 0 Å². The third-order valence-corrected chi connectivity index (χ3v) is 1.32. The van der Waals surface area contributed by atoms with Gasteiger partial charge in [0.15, 0.2) is 0 Å². The van der Waals surface area contributed by atoms with E-state index < -0.39 is 16.1 Å². The fourth-order valence-corrected chi connectivity index (χ4v) is 0.769. The Balaban J connectivity index is 0. The van der Waals surface area contributed by atoms with Gasteiger partial charge in [-0.15, -0.1) is 5.10 Å². The molecule has 0 aliphatic carbocycles. The number of nitrogens with zero attached hydrogens (tertiary/aromatic N) is 2. The Morgan fingerprint density at radius 3 is 2.77 bits per heavy atom. The number of hydrogen-bond donors (Lipinski definition) is 1. The normalized spacial score (nSPS) is 10.2. The second-order valence-corrected chi connectivity index (χ2v) is 3.31. The van der Waals surface area contributed by atoms with Crippen LogP contribution in [0, 0.1) is 0 Å². The zero-order chi connectivity index (χ0) is 9.03. The minimum Gasteiger partial charge on any atom is -1.00 e. The maximum atomic E-state index is 10.2. The van der Waals surface area contributed by atoms with E-state index >= 15 is 0 Å². The minimum atomic E-state index is -4.11. The second kappa shape index (κ2) is 5.51. The van der Waals surface area contributed by atoms with E-state index in [1.807, 2.05) is 0 Å². The van der Waals surface area contributed by atoms with Crippen LogP contribution in [0.2, 0.25) is 0 Å². The van der Waals surface area contributed by atoms with Crippen molar-refractivity contribution in [1.82, 2.24) is 10.2 Å². The third-order valence-electron chi connectivity index (χ3n) is 0.904. The Morgan fingerprint density at radius 2 is 2.31 bits per heavy atom. The van der Waals surface area contributed by atoms with Crippen LogP contribution in [-0.2, 0) is 10.1 Å². The molecule has 1 rings (SSSR count). The summed E-state index contributed by atoms with van der Waals surface area (Å²) in [5, 5.41) is 6.87. The van der Waals surface area contributed by atoms with Crippen molar-refractivity contribution in [2.24, 2.45) is 0 Å². The van der Waals surface area contributed by atoms with Gasteiger partial charge in [-0.1, -0.05) is 0 Å². The molecule has 1 aromatic rings. The number of hydrogen-bond acceptors (Lipinski definition) is 5. The molecule has 0 spiro atoms. The summed E-state index contributed by atoms with van der Waals surface area (Å²) in [5.41, 5.74) is 0. The summed E-state index contributed by atoms with van der Waals surface area (Å²) in [5.74, 6) is -0.763. The molecular formula is C5H7N2NaO4S. The van der Waals surface area contributed by atoms with Crippen LogP contribution in [0.4, 0.5) is 0 Å². The fraction of sp³-hybridized carbons (Fsp3) is 0.200. The monoisotopic (exact) mass is 214 g/mol. The molecule has 0 fully saturated rings. The molecule has 0 amide bonds. The maximum Gasteiger partial charge on any atom is 1.00 e. The summed E-state index contributed by atoms with van der Waals surface area (Å²) in [7, 11) is -4.11. The predicted octanol–water partition coefficient (Wildman–Crippen LogP) is -3.18. The Bertz CT molecular complexity index is 346. The van der Waals surface area contributed by atoms with Crippen molar-refractivity contribution >= 4 is 10.1 Å². The van der Waals surface area contributed by atoms with Crippen LogP contribution in [0.3, 0.4) is 0 Å². The summed E-state index contributed by atoms with van der Waals surface area (Å²) in [6.07, 6.45) is 1.42. The van der Waals surface area contributed by atoms with Crippen LogP contribution in [0.1, 0.15) is 1.43 Å². The van der Waals surface area contributed by atoms with Gasteiger partial charge in [0.05, 0.1) is 0 Å². The Hall–Kier alpha value is -0.210. The van der Waals surface area contributed by atoms with Crippen LogP contribution in [-0.4, -0.2) is 29.1 Å². The molecule has 0 saturated carbocycles. The van der Waals surface area contributed by atoms with Crippen LogP contribution in [0.5, 0.6) is 5.88 Å². The second-order valence-electron chi connectivity index (χ2n) is 1.91. The first-order valence-electron chi connectivity index (χ1n) is 2.93. The van der Waals surface area contributed by atoms with Crippen molar-refractivity contribution in [3.8, 4) is 5.88 Å². The first-order valence-corrected chi connectivity index (χ1v) is 4.54. The average Bonchev–Trinajstić information content (AvgIpc) is 2.02. The average molecular weight is 214 g/mol. The third kappa shape index (κ3) is 5.94. The molecule has 1 aromatic heterocycles. The van der Waals surface area contributed by atoms with Crippen LogP contribution in [0.15, 0.2) is 18.3 Å². The van der Waals surface area contributed by atoms with Crippen LogP contribution < -0.4 is 34.3 Å².